The van der Waals surface area contributed by atoms with E-state index in [1.807, 2.05) is 6.08 Å². The van der Waals surface area contributed by atoms with Gasteiger partial charge in [0, 0.05) is 5.41 Å². The number of allylic oxidation sites excluding steroid dienone is 2. The summed E-state index contributed by atoms with van der Waals surface area (Å²) in [5.74, 6) is 2.55. The molecule has 0 saturated heterocycles. The minimum absolute atomic E-state index is 0.0880. The Morgan fingerprint density at radius 1 is 1.10 bits per heavy atom. The number of carbonyl (C=O) groups is 1. The van der Waals surface area contributed by atoms with Gasteiger partial charge in [-0.2, -0.15) is 0 Å². The molecule has 3 saturated carbocycles. The molecule has 0 bridgehead atoms. The SMILES string of the molecule is C[C@H]1C=CC(=O)[C@]2(C)CC[C@H]3[C@@H]4C(C)(C)CC[C@]4(C)C[C@]132. The summed E-state index contributed by atoms with van der Waals surface area (Å²) in [4.78, 5) is 12.8. The number of ketones is 1. The highest BCUT2D eigenvalue weighted by Gasteiger charge is 2.74. The van der Waals surface area contributed by atoms with Gasteiger partial charge in [0.15, 0.2) is 5.78 Å². The largest absolute Gasteiger partial charge is 0.294 e. The first-order valence-electron chi connectivity index (χ1n) is 8.90. The zero-order chi connectivity index (χ0) is 15.3. The number of carbonyl (C=O) groups excluding carboxylic acids is 1. The summed E-state index contributed by atoms with van der Waals surface area (Å²) < 4.78 is 0. The van der Waals surface area contributed by atoms with Gasteiger partial charge in [-0.25, -0.2) is 0 Å². The molecule has 3 fully saturated rings. The fraction of sp³-hybridized carbons (Fsp3) is 0.850. The molecular formula is C20H30O. The van der Waals surface area contributed by atoms with E-state index in [0.717, 1.165) is 18.3 Å². The van der Waals surface area contributed by atoms with E-state index in [9.17, 15) is 4.79 Å². The molecule has 0 amide bonds. The van der Waals surface area contributed by atoms with Crippen LogP contribution in [-0.2, 0) is 4.79 Å². The van der Waals surface area contributed by atoms with Crippen molar-refractivity contribution in [3.8, 4) is 0 Å². The molecule has 0 heterocycles. The highest BCUT2D eigenvalue weighted by molar-refractivity contribution is 5.96. The molecule has 0 N–H and O–H groups in total. The maximum Gasteiger partial charge on any atom is 0.161 e. The van der Waals surface area contributed by atoms with Gasteiger partial charge < -0.3 is 0 Å². The maximum atomic E-state index is 12.8. The molecule has 0 aromatic rings. The van der Waals surface area contributed by atoms with Gasteiger partial charge >= 0.3 is 0 Å². The molecule has 6 atom stereocenters. The second-order valence-corrected chi connectivity index (χ2v) is 9.83. The molecule has 1 heteroatoms. The molecule has 0 radical (unpaired) electrons. The van der Waals surface area contributed by atoms with E-state index >= 15 is 0 Å². The quantitative estimate of drug-likeness (QED) is 0.611. The third-order valence-corrected chi connectivity index (χ3v) is 8.57. The predicted molar refractivity (Wildman–Crippen MR) is 85.8 cm³/mol. The van der Waals surface area contributed by atoms with Crippen LogP contribution in [0.15, 0.2) is 12.2 Å². The standard InChI is InChI=1S/C20H30O/c1-13-6-7-15(21)19(5)9-8-14-16-17(2,3)10-11-18(16,4)12-20(13,14)19/h6-7,13-14,16H,8-12H2,1-5H3/t13-,14-,16+,18+,19-,20-/m0/s1. The highest BCUT2D eigenvalue weighted by Crippen LogP contribution is 2.79. The molecule has 1 nitrogen and oxygen atoms in total. The monoisotopic (exact) mass is 286 g/mol. The molecule has 21 heavy (non-hydrogen) atoms. The average molecular weight is 286 g/mol. The van der Waals surface area contributed by atoms with E-state index in [4.69, 9.17) is 0 Å². The molecule has 1 spiro atoms. The van der Waals surface area contributed by atoms with Gasteiger partial charge in [-0.15, -0.1) is 0 Å². The van der Waals surface area contributed by atoms with Crippen molar-refractivity contribution in [2.45, 2.75) is 66.7 Å². The second-order valence-electron chi connectivity index (χ2n) is 9.83. The molecule has 4 rings (SSSR count). The summed E-state index contributed by atoms with van der Waals surface area (Å²) >= 11 is 0. The maximum absolute atomic E-state index is 12.8. The first-order valence-corrected chi connectivity index (χ1v) is 8.90. The van der Waals surface area contributed by atoms with Crippen molar-refractivity contribution in [1.82, 2.24) is 0 Å². The van der Waals surface area contributed by atoms with Gasteiger partial charge in [0.25, 0.3) is 0 Å². The van der Waals surface area contributed by atoms with Crippen LogP contribution in [-0.4, -0.2) is 5.78 Å². The van der Waals surface area contributed by atoms with Crippen LogP contribution in [0, 0.1) is 39.4 Å². The summed E-state index contributed by atoms with van der Waals surface area (Å²) in [6.07, 6.45) is 10.6. The lowest BCUT2D eigenvalue weighted by Crippen LogP contribution is -2.49. The van der Waals surface area contributed by atoms with Gasteiger partial charge in [-0.05, 0) is 72.2 Å². The fourth-order valence-corrected chi connectivity index (χ4v) is 7.83. The Labute approximate surface area is 129 Å². The van der Waals surface area contributed by atoms with E-state index in [2.05, 4.69) is 40.7 Å². The van der Waals surface area contributed by atoms with Crippen molar-refractivity contribution in [2.75, 3.05) is 0 Å². The van der Waals surface area contributed by atoms with Crippen LogP contribution in [0.3, 0.4) is 0 Å². The summed E-state index contributed by atoms with van der Waals surface area (Å²) in [5.41, 5.74) is 1.08. The van der Waals surface area contributed by atoms with Crippen molar-refractivity contribution >= 4 is 5.78 Å². The Kier molecular flexibility index (Phi) is 2.44. The number of hydrogen-bond donors (Lipinski definition) is 0. The van der Waals surface area contributed by atoms with Crippen LogP contribution >= 0.6 is 0 Å². The van der Waals surface area contributed by atoms with Gasteiger partial charge in [-0.1, -0.05) is 40.7 Å². The van der Waals surface area contributed by atoms with E-state index in [0.29, 0.717) is 22.5 Å². The minimum atomic E-state index is -0.0880. The fourth-order valence-electron chi connectivity index (χ4n) is 7.83. The average Bonchev–Trinajstić information content (AvgIpc) is 2.92. The van der Waals surface area contributed by atoms with E-state index in [1.54, 1.807) is 0 Å². The summed E-state index contributed by atoms with van der Waals surface area (Å²) in [7, 11) is 0. The highest BCUT2D eigenvalue weighted by atomic mass is 16.1. The Morgan fingerprint density at radius 3 is 2.52 bits per heavy atom. The van der Waals surface area contributed by atoms with Gasteiger partial charge in [0.1, 0.15) is 0 Å². The smallest absolute Gasteiger partial charge is 0.161 e. The lowest BCUT2D eigenvalue weighted by Gasteiger charge is -2.50. The Bertz CT molecular complexity index is 544. The Morgan fingerprint density at radius 2 is 1.81 bits per heavy atom. The van der Waals surface area contributed by atoms with Crippen molar-refractivity contribution in [1.29, 1.82) is 0 Å². The molecule has 4 aliphatic carbocycles. The van der Waals surface area contributed by atoms with Crippen LogP contribution < -0.4 is 0 Å². The van der Waals surface area contributed by atoms with Crippen LogP contribution in [0.4, 0.5) is 0 Å². The first kappa shape index (κ1) is 14.0. The van der Waals surface area contributed by atoms with Gasteiger partial charge in [0.2, 0.25) is 0 Å². The van der Waals surface area contributed by atoms with Crippen molar-refractivity contribution in [3.63, 3.8) is 0 Å². The molecule has 0 unspecified atom stereocenters. The van der Waals surface area contributed by atoms with Gasteiger partial charge in [-0.3, -0.25) is 4.79 Å². The Hall–Kier alpha value is -0.590. The van der Waals surface area contributed by atoms with E-state index < -0.39 is 0 Å². The predicted octanol–water partition coefficient (Wildman–Crippen LogP) is 5.01. The van der Waals surface area contributed by atoms with E-state index in [-0.39, 0.29) is 10.8 Å². The topological polar surface area (TPSA) is 17.1 Å². The Balaban J connectivity index is 1.90. The van der Waals surface area contributed by atoms with Crippen molar-refractivity contribution in [3.05, 3.63) is 12.2 Å². The summed E-state index contributed by atoms with van der Waals surface area (Å²) in [6.45, 7) is 12.2. The molecule has 4 aliphatic rings. The lowest BCUT2D eigenvalue weighted by atomic mass is 9.52. The van der Waals surface area contributed by atoms with Crippen LogP contribution in [0.5, 0.6) is 0 Å². The van der Waals surface area contributed by atoms with E-state index in [1.165, 1.54) is 25.7 Å². The second kappa shape index (κ2) is 3.66. The lowest BCUT2D eigenvalue weighted by molar-refractivity contribution is -0.134. The van der Waals surface area contributed by atoms with Crippen LogP contribution in [0.1, 0.15) is 66.7 Å². The third kappa shape index (κ3) is 1.33. The molecule has 116 valence electrons. The molecule has 0 aromatic carbocycles. The number of rotatable bonds is 0. The zero-order valence-corrected chi connectivity index (χ0v) is 14.3. The zero-order valence-electron chi connectivity index (χ0n) is 14.3. The minimum Gasteiger partial charge on any atom is -0.294 e. The van der Waals surface area contributed by atoms with Gasteiger partial charge in [0.05, 0.1) is 0 Å². The summed E-state index contributed by atoms with van der Waals surface area (Å²) in [6, 6.07) is 0. The van der Waals surface area contributed by atoms with Crippen molar-refractivity contribution < 1.29 is 4.79 Å². The first-order chi connectivity index (χ1) is 9.67. The molecule has 0 aromatic heterocycles. The number of hydrogen-bond acceptors (Lipinski definition) is 1. The van der Waals surface area contributed by atoms with Crippen LogP contribution in [0.2, 0.25) is 0 Å². The summed E-state index contributed by atoms with van der Waals surface area (Å²) in [5, 5.41) is 0. The third-order valence-electron chi connectivity index (χ3n) is 8.57. The van der Waals surface area contributed by atoms with Crippen LogP contribution in [0.25, 0.3) is 0 Å². The molecular weight excluding hydrogens is 256 g/mol. The normalized spacial score (nSPS) is 57.2. The molecule has 0 aliphatic heterocycles. The number of fused-ring (bicyclic) bond motifs is 2. The van der Waals surface area contributed by atoms with Crippen molar-refractivity contribution in [2.24, 2.45) is 39.4 Å².